The molecular formula is C26H34N4O. The number of nitrogens with zero attached hydrogens (tertiary/aromatic N) is 4. The molecule has 2 aromatic heterocycles. The van der Waals surface area contributed by atoms with E-state index < -0.39 is 0 Å². The Kier molecular flexibility index (Phi) is 5.49. The first-order chi connectivity index (χ1) is 15.3. The summed E-state index contributed by atoms with van der Waals surface area (Å²) >= 11 is 0. The topological polar surface area (TPSA) is 51.1 Å². The largest absolute Gasteiger partial charge is 0.381 e. The summed E-state index contributed by atoms with van der Waals surface area (Å²) in [5.74, 6) is 4.13. The molecule has 3 atom stereocenters. The van der Waals surface area contributed by atoms with E-state index in [1.165, 1.54) is 63.9 Å². The number of rotatable bonds is 6. The minimum atomic E-state index is 0.697. The van der Waals surface area contributed by atoms with Crippen molar-refractivity contribution in [2.45, 2.75) is 50.9 Å². The molecule has 2 aliphatic carbocycles. The van der Waals surface area contributed by atoms with E-state index in [1.54, 1.807) is 0 Å². The van der Waals surface area contributed by atoms with Crippen molar-refractivity contribution in [3.05, 3.63) is 41.9 Å². The predicted molar refractivity (Wildman–Crippen MR) is 121 cm³/mol. The smallest absolute Gasteiger partial charge is 0.0945 e. The van der Waals surface area contributed by atoms with Crippen LogP contribution in [-0.2, 0) is 11.2 Å². The van der Waals surface area contributed by atoms with Gasteiger partial charge in [-0.25, -0.2) is 0 Å². The van der Waals surface area contributed by atoms with Crippen LogP contribution in [-0.4, -0.2) is 52.9 Å². The molecule has 0 amide bonds. The second-order valence-corrected chi connectivity index (χ2v) is 10.5. The molecule has 2 aliphatic heterocycles. The summed E-state index contributed by atoms with van der Waals surface area (Å²) < 4.78 is 5.52. The maximum atomic E-state index is 5.52. The molecule has 5 heteroatoms. The van der Waals surface area contributed by atoms with Crippen molar-refractivity contribution in [2.75, 3.05) is 32.8 Å². The van der Waals surface area contributed by atoms with Crippen LogP contribution in [0.5, 0.6) is 0 Å². The van der Waals surface area contributed by atoms with Gasteiger partial charge in [0.25, 0.3) is 0 Å². The maximum Gasteiger partial charge on any atom is 0.0945 e. The molecule has 0 radical (unpaired) electrons. The lowest BCUT2D eigenvalue weighted by atomic mass is 9.98. The van der Waals surface area contributed by atoms with Gasteiger partial charge in [-0.05, 0) is 92.9 Å². The number of hydrogen-bond acceptors (Lipinski definition) is 5. The van der Waals surface area contributed by atoms with Gasteiger partial charge in [0.2, 0.25) is 0 Å². The van der Waals surface area contributed by atoms with Crippen LogP contribution in [0.1, 0.15) is 55.8 Å². The summed E-state index contributed by atoms with van der Waals surface area (Å²) in [5, 5.41) is 9.10. The van der Waals surface area contributed by atoms with Gasteiger partial charge in [0.05, 0.1) is 11.4 Å². The van der Waals surface area contributed by atoms with E-state index in [4.69, 9.17) is 4.74 Å². The molecule has 0 bridgehead atoms. The second-order valence-electron chi connectivity index (χ2n) is 10.5. The quantitative estimate of drug-likeness (QED) is 0.698. The normalized spacial score (nSPS) is 29.4. The minimum Gasteiger partial charge on any atom is -0.381 e. The van der Waals surface area contributed by atoms with Gasteiger partial charge in [-0.3, -0.25) is 4.98 Å². The molecule has 31 heavy (non-hydrogen) atoms. The fourth-order valence-corrected chi connectivity index (χ4v) is 6.23. The van der Waals surface area contributed by atoms with Crippen molar-refractivity contribution in [1.82, 2.24) is 20.1 Å². The Morgan fingerprint density at radius 2 is 1.68 bits per heavy atom. The van der Waals surface area contributed by atoms with Crippen molar-refractivity contribution >= 4 is 0 Å². The lowest BCUT2D eigenvalue weighted by Gasteiger charge is -2.27. The zero-order valence-corrected chi connectivity index (χ0v) is 18.5. The monoisotopic (exact) mass is 418 g/mol. The second kappa shape index (κ2) is 8.59. The molecule has 4 aliphatic rings. The first-order valence-electron chi connectivity index (χ1n) is 12.4. The van der Waals surface area contributed by atoms with Crippen LogP contribution in [0.15, 0.2) is 30.5 Å². The Labute approximate surface area is 185 Å². The molecule has 164 valence electrons. The number of fused-ring (bicyclic) bond motifs is 1. The number of ether oxygens (including phenoxy) is 1. The highest BCUT2D eigenvalue weighted by atomic mass is 16.5. The molecule has 2 aromatic rings. The summed E-state index contributed by atoms with van der Waals surface area (Å²) in [6.45, 7) is 5.86. The molecular weight excluding hydrogens is 384 g/mol. The highest BCUT2D eigenvalue weighted by Gasteiger charge is 2.41. The van der Waals surface area contributed by atoms with E-state index in [-0.39, 0.29) is 0 Å². The number of hydrogen-bond donors (Lipinski definition) is 0. The molecule has 2 saturated carbocycles. The van der Waals surface area contributed by atoms with Gasteiger partial charge in [-0.15, -0.1) is 0 Å². The minimum absolute atomic E-state index is 0.697. The van der Waals surface area contributed by atoms with E-state index in [9.17, 15) is 0 Å². The standard InChI is InChI=1S/C26H34N4O/c1-2-20(1)25-5-3-21(14-27-25)26-6-4-24(28-29-26)13-19-11-22-16-30(17-23(22)12-19)15-18-7-9-31-10-8-18/h3-6,14,18-20,22-23H,1-2,7-13,15-17H2/t19?,22-,23+. The third-order valence-electron chi connectivity index (χ3n) is 8.08. The van der Waals surface area contributed by atoms with Crippen molar-refractivity contribution in [3.63, 3.8) is 0 Å². The Bertz CT molecular complexity index is 859. The zero-order valence-electron chi connectivity index (χ0n) is 18.5. The van der Waals surface area contributed by atoms with Crippen molar-refractivity contribution in [3.8, 4) is 11.3 Å². The van der Waals surface area contributed by atoms with E-state index >= 15 is 0 Å². The third-order valence-corrected chi connectivity index (χ3v) is 8.08. The van der Waals surface area contributed by atoms with E-state index in [0.717, 1.165) is 60.3 Å². The Balaban J connectivity index is 1.00. The highest BCUT2D eigenvalue weighted by Crippen LogP contribution is 2.43. The molecule has 5 nitrogen and oxygen atoms in total. The molecule has 4 fully saturated rings. The first-order valence-corrected chi connectivity index (χ1v) is 12.4. The van der Waals surface area contributed by atoms with Gasteiger partial charge in [-0.2, -0.15) is 10.2 Å². The van der Waals surface area contributed by atoms with Gasteiger partial charge in [0.1, 0.15) is 0 Å². The summed E-state index contributed by atoms with van der Waals surface area (Å²) in [5.41, 5.74) is 4.39. The summed E-state index contributed by atoms with van der Waals surface area (Å²) in [4.78, 5) is 7.37. The number of likely N-dealkylation sites (tertiary alicyclic amines) is 1. The molecule has 2 saturated heterocycles. The van der Waals surface area contributed by atoms with Gasteiger partial charge >= 0.3 is 0 Å². The average molecular weight is 419 g/mol. The summed E-state index contributed by atoms with van der Waals surface area (Å²) in [6, 6.07) is 8.62. The molecule has 1 unspecified atom stereocenters. The molecule has 6 rings (SSSR count). The Morgan fingerprint density at radius 1 is 0.871 bits per heavy atom. The van der Waals surface area contributed by atoms with E-state index in [0.29, 0.717) is 5.92 Å². The van der Waals surface area contributed by atoms with Gasteiger partial charge in [-0.1, -0.05) is 0 Å². The summed E-state index contributed by atoms with van der Waals surface area (Å²) in [7, 11) is 0. The van der Waals surface area contributed by atoms with Crippen molar-refractivity contribution in [2.24, 2.45) is 23.7 Å². The lowest BCUT2D eigenvalue weighted by molar-refractivity contribution is 0.0544. The highest BCUT2D eigenvalue weighted by molar-refractivity contribution is 5.57. The lowest BCUT2D eigenvalue weighted by Crippen LogP contribution is -2.31. The van der Waals surface area contributed by atoms with Crippen LogP contribution in [0.25, 0.3) is 11.3 Å². The number of aromatic nitrogens is 3. The van der Waals surface area contributed by atoms with Crippen LogP contribution in [0.3, 0.4) is 0 Å². The fourth-order valence-electron chi connectivity index (χ4n) is 6.23. The molecule has 0 N–H and O–H groups in total. The van der Waals surface area contributed by atoms with Crippen LogP contribution in [0.2, 0.25) is 0 Å². The van der Waals surface area contributed by atoms with Crippen LogP contribution in [0.4, 0.5) is 0 Å². The Morgan fingerprint density at radius 3 is 2.32 bits per heavy atom. The molecule has 0 spiro atoms. The van der Waals surface area contributed by atoms with Gasteiger partial charge in [0, 0.05) is 56.2 Å². The fraction of sp³-hybridized carbons (Fsp3) is 0.654. The van der Waals surface area contributed by atoms with Crippen LogP contribution in [0, 0.1) is 23.7 Å². The van der Waals surface area contributed by atoms with Crippen molar-refractivity contribution < 1.29 is 4.74 Å². The molecule has 0 aromatic carbocycles. The summed E-state index contributed by atoms with van der Waals surface area (Å²) in [6.07, 6.45) is 10.9. The van der Waals surface area contributed by atoms with E-state index in [1.807, 2.05) is 6.20 Å². The van der Waals surface area contributed by atoms with E-state index in [2.05, 4.69) is 44.3 Å². The average Bonchev–Trinajstić information content (AvgIpc) is 3.50. The predicted octanol–water partition coefficient (Wildman–Crippen LogP) is 4.34. The molecule has 4 heterocycles. The first kappa shape index (κ1) is 19.8. The van der Waals surface area contributed by atoms with Crippen LogP contribution >= 0.6 is 0 Å². The number of pyridine rings is 1. The maximum absolute atomic E-state index is 5.52. The van der Waals surface area contributed by atoms with Crippen LogP contribution < -0.4 is 0 Å². The zero-order chi connectivity index (χ0) is 20.6. The van der Waals surface area contributed by atoms with Crippen molar-refractivity contribution in [1.29, 1.82) is 0 Å². The van der Waals surface area contributed by atoms with Gasteiger partial charge < -0.3 is 9.64 Å². The van der Waals surface area contributed by atoms with Gasteiger partial charge in [0.15, 0.2) is 0 Å². The Hall–Kier alpha value is -1.85. The SMILES string of the molecule is c1cc(C2CC2)ncc1-c1ccc(CC2C[C@@H]3CN(CC4CCOCC4)C[C@@H]3C2)nn1. The third kappa shape index (κ3) is 4.54.